The van der Waals surface area contributed by atoms with Gasteiger partial charge in [0.25, 0.3) is 0 Å². The quantitative estimate of drug-likeness (QED) is 0.166. The Bertz CT molecular complexity index is 798. The van der Waals surface area contributed by atoms with Crippen molar-refractivity contribution < 1.29 is 8.85 Å². The van der Waals surface area contributed by atoms with Gasteiger partial charge in [-0.05, 0) is 72.5 Å². The lowest BCUT2D eigenvalue weighted by molar-refractivity contribution is 0.308. The predicted octanol–water partition coefficient (Wildman–Crippen LogP) is 10.4. The Hall–Kier alpha value is -0.352. The predicted molar refractivity (Wildman–Crippen MR) is 183 cm³/mol. The van der Waals surface area contributed by atoms with Gasteiger partial charge in [0.1, 0.15) is 16.1 Å². The molecule has 0 aromatic rings. The van der Waals surface area contributed by atoms with E-state index in [1.54, 1.807) is 0 Å². The van der Waals surface area contributed by atoms with Crippen molar-refractivity contribution in [1.82, 2.24) is 0 Å². The minimum absolute atomic E-state index is 0.151. The summed E-state index contributed by atoms with van der Waals surface area (Å²) in [6, 6.07) is 7.18. The summed E-state index contributed by atoms with van der Waals surface area (Å²) in [4.78, 5) is 0. The van der Waals surface area contributed by atoms with E-state index in [1.807, 2.05) is 0 Å². The van der Waals surface area contributed by atoms with Crippen molar-refractivity contribution in [2.24, 2.45) is 0 Å². The summed E-state index contributed by atoms with van der Waals surface area (Å²) in [6.45, 7) is 38.3. The van der Waals surface area contributed by atoms with Gasteiger partial charge in [-0.15, -0.1) is 11.1 Å². The molecule has 0 aliphatic heterocycles. The van der Waals surface area contributed by atoms with Crippen LogP contribution in [0.25, 0.3) is 0 Å². The van der Waals surface area contributed by atoms with E-state index in [9.17, 15) is 0 Å². The van der Waals surface area contributed by atoms with Gasteiger partial charge in [-0.25, -0.2) is 0 Å². The molecule has 2 nitrogen and oxygen atoms in total. The molecule has 0 aromatic carbocycles. The van der Waals surface area contributed by atoms with Crippen LogP contribution in [-0.2, 0) is 8.85 Å². The van der Waals surface area contributed by atoms with Crippen molar-refractivity contribution in [3.63, 3.8) is 0 Å². The van der Waals surface area contributed by atoms with E-state index in [1.165, 1.54) is 36.3 Å². The van der Waals surface area contributed by atoms with Crippen molar-refractivity contribution in [3.8, 4) is 22.9 Å². The van der Waals surface area contributed by atoms with E-state index in [0.29, 0.717) is 13.2 Å². The molecule has 0 aliphatic carbocycles. The molecule has 6 heteroatoms. The summed E-state index contributed by atoms with van der Waals surface area (Å²) in [6.07, 6.45) is 0. The average Bonchev–Trinajstić information content (AvgIpc) is 2.83. The van der Waals surface area contributed by atoms with Crippen molar-refractivity contribution in [2.45, 2.75) is 156 Å². The van der Waals surface area contributed by atoms with E-state index >= 15 is 0 Å². The molecule has 0 spiro atoms. The molecule has 0 N–H and O–H groups in total. The summed E-state index contributed by atoms with van der Waals surface area (Å²) in [7, 11) is -7.13. The third kappa shape index (κ3) is 10.6. The molecule has 0 radical (unpaired) electrons. The molecule has 0 saturated heterocycles. The monoisotopic (exact) mass is 592 g/mol. The molecule has 0 unspecified atom stereocenters. The summed E-state index contributed by atoms with van der Waals surface area (Å²) < 4.78 is 13.6. The molecule has 0 bridgehead atoms. The van der Waals surface area contributed by atoms with Gasteiger partial charge in [0.05, 0.1) is 13.2 Å². The molecule has 0 fully saturated rings. The van der Waals surface area contributed by atoms with Gasteiger partial charge in [0.2, 0.25) is 0 Å². The molecule has 0 rings (SSSR count). The van der Waals surface area contributed by atoms with Crippen LogP contribution in [0.3, 0.4) is 0 Å². The second-order valence-corrected chi connectivity index (χ2v) is 33.7. The maximum absolute atomic E-state index is 6.81. The lowest BCUT2D eigenvalue weighted by atomic mass is 10.1. The molecule has 220 valence electrons. The molecular weight excluding hydrogens is 529 g/mol. The summed E-state index contributed by atoms with van der Waals surface area (Å²) in [5.74, 6) is 7.48. The van der Waals surface area contributed by atoms with E-state index < -0.39 is 32.8 Å². The fourth-order valence-electron chi connectivity index (χ4n) is 3.78. The highest BCUT2D eigenvalue weighted by Gasteiger charge is 2.39. The Labute approximate surface area is 243 Å². The van der Waals surface area contributed by atoms with Gasteiger partial charge in [-0.3, -0.25) is 0 Å². The largest absolute Gasteiger partial charge is 0.412 e. The maximum atomic E-state index is 6.81. The van der Waals surface area contributed by atoms with Crippen LogP contribution in [0.15, 0.2) is 11.1 Å². The first-order valence-electron chi connectivity index (χ1n) is 15.3. The Kier molecular flexibility index (Phi) is 14.9. The van der Waals surface area contributed by atoms with Gasteiger partial charge in [-0.1, -0.05) is 94.9 Å². The lowest BCUT2D eigenvalue weighted by Crippen LogP contribution is -2.42. The number of hydrogen-bond acceptors (Lipinski definition) is 2. The van der Waals surface area contributed by atoms with Crippen LogP contribution in [0.5, 0.6) is 0 Å². The van der Waals surface area contributed by atoms with E-state index in [0.717, 1.165) is 11.1 Å². The lowest BCUT2D eigenvalue weighted by Gasteiger charge is -2.37. The number of rotatable bonds is 12. The second-order valence-electron chi connectivity index (χ2n) is 14.2. The maximum Gasteiger partial charge on any atom is 0.192 e. The normalized spacial score (nSPS) is 14.3. The van der Waals surface area contributed by atoms with E-state index in [-0.39, 0.29) is 10.1 Å². The van der Waals surface area contributed by atoms with Crippen molar-refractivity contribution in [2.75, 3.05) is 13.2 Å². The van der Waals surface area contributed by atoms with Crippen LogP contribution in [0.1, 0.15) is 83.1 Å². The Balaban J connectivity index is 7.13. The van der Waals surface area contributed by atoms with Crippen molar-refractivity contribution >= 4 is 32.8 Å². The van der Waals surface area contributed by atoms with Crippen molar-refractivity contribution in [3.05, 3.63) is 11.1 Å². The zero-order valence-electron chi connectivity index (χ0n) is 28.5. The van der Waals surface area contributed by atoms with Crippen LogP contribution in [0.2, 0.25) is 72.5 Å². The highest BCUT2D eigenvalue weighted by atomic mass is 28.4. The van der Waals surface area contributed by atoms with Gasteiger partial charge in [0, 0.05) is 11.1 Å². The van der Waals surface area contributed by atoms with Crippen LogP contribution in [-0.4, -0.2) is 46.0 Å². The summed E-state index contributed by atoms with van der Waals surface area (Å²) in [5, 5.41) is 0.303. The molecule has 0 heterocycles. The first kappa shape index (κ1) is 37.6. The van der Waals surface area contributed by atoms with E-state index in [4.69, 9.17) is 8.85 Å². The van der Waals surface area contributed by atoms with Gasteiger partial charge in [-0.2, -0.15) is 0 Å². The standard InChI is InChI=1S/C32H64O2Si4/c1-17-37(18-2,19-3)25-23-29(27-33-35(13,14)31(7,8)9)30(24-26-38(20-4,21-5)22-6)28-34-36(15,16)32(10,11)12/h17-22,27-28H2,1-16H3/b30-29+. The highest BCUT2D eigenvalue weighted by Crippen LogP contribution is 2.38. The van der Waals surface area contributed by atoms with Crippen LogP contribution in [0, 0.1) is 22.9 Å². The molecule has 0 aliphatic rings. The fraction of sp³-hybridized carbons (Fsp3) is 0.812. The minimum Gasteiger partial charge on any atom is -0.412 e. The van der Waals surface area contributed by atoms with Crippen LogP contribution < -0.4 is 0 Å². The molecule has 0 saturated carbocycles. The fourth-order valence-corrected chi connectivity index (χ4v) is 10.6. The minimum atomic E-state index is -1.95. The van der Waals surface area contributed by atoms with Gasteiger partial charge < -0.3 is 8.85 Å². The zero-order chi connectivity index (χ0) is 30.1. The van der Waals surface area contributed by atoms with E-state index in [2.05, 4.69) is 132 Å². The molecule has 0 atom stereocenters. The smallest absolute Gasteiger partial charge is 0.192 e. The van der Waals surface area contributed by atoms with Crippen LogP contribution >= 0.6 is 0 Å². The second kappa shape index (κ2) is 15.0. The Morgan fingerprint density at radius 1 is 0.500 bits per heavy atom. The van der Waals surface area contributed by atoms with Gasteiger partial charge >= 0.3 is 0 Å². The first-order valence-corrected chi connectivity index (χ1v) is 26.4. The summed E-state index contributed by atoms with van der Waals surface area (Å²) in [5.41, 5.74) is 9.91. The SMILES string of the molecule is CC[Si](C#C/C(CO[Si](C)(C)C(C)(C)C)=C(/C#C[Si](CC)(CC)CC)CO[Si](C)(C)C(C)(C)C)(CC)CC. The molecule has 38 heavy (non-hydrogen) atoms. The first-order chi connectivity index (χ1) is 17.2. The molecule has 0 amide bonds. The zero-order valence-corrected chi connectivity index (χ0v) is 32.5. The van der Waals surface area contributed by atoms with Crippen LogP contribution in [0.4, 0.5) is 0 Å². The molecular formula is C32H64O2Si4. The number of hydrogen-bond donors (Lipinski definition) is 0. The average molecular weight is 593 g/mol. The third-order valence-corrected chi connectivity index (χ3v) is 28.5. The summed E-state index contributed by atoms with van der Waals surface area (Å²) >= 11 is 0. The molecule has 0 aromatic heterocycles. The topological polar surface area (TPSA) is 18.5 Å². The Morgan fingerprint density at radius 2 is 0.737 bits per heavy atom. The highest BCUT2D eigenvalue weighted by molar-refractivity contribution is 6.87. The van der Waals surface area contributed by atoms with Crippen molar-refractivity contribution in [1.29, 1.82) is 0 Å². The Morgan fingerprint density at radius 3 is 0.921 bits per heavy atom. The van der Waals surface area contributed by atoms with Gasteiger partial charge in [0.15, 0.2) is 16.6 Å². The third-order valence-electron chi connectivity index (χ3n) is 10.1.